The molecule has 0 N–H and O–H groups in total. The van der Waals surface area contributed by atoms with Crippen molar-refractivity contribution in [2.75, 3.05) is 18.6 Å². The fourth-order valence-corrected chi connectivity index (χ4v) is 2.99. The Bertz CT molecular complexity index is 850. The van der Waals surface area contributed by atoms with Crippen LogP contribution in [0.4, 0.5) is 10.2 Å². The molecule has 1 aromatic heterocycles. The van der Waals surface area contributed by atoms with Crippen LogP contribution in [0.1, 0.15) is 25.0 Å². The molecule has 2 aromatic rings. The largest absolute Gasteiger partial charge is 0.371 e. The van der Waals surface area contributed by atoms with Gasteiger partial charge in [-0.05, 0) is 30.3 Å². The number of methoxy groups -OCH3 is 1. The van der Waals surface area contributed by atoms with E-state index in [-0.39, 0.29) is 17.1 Å². The van der Waals surface area contributed by atoms with E-state index in [4.69, 9.17) is 4.74 Å². The van der Waals surface area contributed by atoms with E-state index in [2.05, 4.69) is 16.8 Å². The summed E-state index contributed by atoms with van der Waals surface area (Å²) in [4.78, 5) is 18.5. The van der Waals surface area contributed by atoms with Crippen molar-refractivity contribution in [2.24, 2.45) is 5.41 Å². The number of benzene rings is 1. The molecule has 0 aliphatic carbocycles. The number of hydrogen-bond donors (Lipinski definition) is 0. The monoisotopic (exact) mass is 338 g/mol. The fourth-order valence-electron chi connectivity index (χ4n) is 2.99. The Morgan fingerprint density at radius 3 is 2.60 bits per heavy atom. The number of ether oxygens (including phenoxy) is 1. The Kier molecular flexibility index (Phi) is 4.56. The molecule has 1 aliphatic rings. The Morgan fingerprint density at radius 1 is 1.24 bits per heavy atom. The van der Waals surface area contributed by atoms with Gasteiger partial charge >= 0.3 is 0 Å². The summed E-state index contributed by atoms with van der Waals surface area (Å²) in [5.41, 5.74) is 1.02. The van der Waals surface area contributed by atoms with E-state index in [1.807, 2.05) is 13.8 Å². The lowest BCUT2D eigenvalue weighted by molar-refractivity contribution is -0.128. The van der Waals surface area contributed by atoms with E-state index in [0.29, 0.717) is 23.5 Å². The predicted octanol–water partition coefficient (Wildman–Crippen LogP) is 3.01. The lowest BCUT2D eigenvalue weighted by atomic mass is 9.90. The first-order valence-corrected chi connectivity index (χ1v) is 7.98. The van der Waals surface area contributed by atoms with Gasteiger partial charge in [-0.2, -0.15) is 0 Å². The average molecular weight is 338 g/mol. The zero-order chi connectivity index (χ0) is 18.0. The van der Waals surface area contributed by atoms with Crippen LogP contribution in [0.5, 0.6) is 0 Å². The van der Waals surface area contributed by atoms with Crippen LogP contribution in [0.2, 0.25) is 0 Å². The van der Waals surface area contributed by atoms with Gasteiger partial charge < -0.3 is 4.74 Å². The van der Waals surface area contributed by atoms with Crippen LogP contribution < -0.4 is 4.90 Å². The molecule has 1 aromatic carbocycles. The van der Waals surface area contributed by atoms with Crippen LogP contribution in [0, 0.1) is 23.1 Å². The minimum Gasteiger partial charge on any atom is -0.371 e. The van der Waals surface area contributed by atoms with E-state index >= 15 is 0 Å². The Labute approximate surface area is 146 Å². The average Bonchev–Trinajstić information content (AvgIpc) is 2.82. The van der Waals surface area contributed by atoms with Crippen LogP contribution in [-0.2, 0) is 9.53 Å². The van der Waals surface area contributed by atoms with Crippen LogP contribution in [0.15, 0.2) is 42.6 Å². The summed E-state index contributed by atoms with van der Waals surface area (Å²) in [5, 5.41) is 0. The van der Waals surface area contributed by atoms with Gasteiger partial charge in [-0.15, -0.1) is 0 Å². The Hall–Kier alpha value is -2.71. The molecule has 25 heavy (non-hydrogen) atoms. The van der Waals surface area contributed by atoms with Crippen molar-refractivity contribution in [3.63, 3.8) is 0 Å². The van der Waals surface area contributed by atoms with Gasteiger partial charge in [-0.25, -0.2) is 9.37 Å². The van der Waals surface area contributed by atoms with Gasteiger partial charge in [0, 0.05) is 36.4 Å². The van der Waals surface area contributed by atoms with Crippen molar-refractivity contribution in [1.29, 1.82) is 0 Å². The normalized spacial score (nSPS) is 18.8. The molecule has 5 heteroatoms. The van der Waals surface area contributed by atoms with Crippen molar-refractivity contribution in [2.45, 2.75) is 20.0 Å². The lowest BCUT2D eigenvalue weighted by Crippen LogP contribution is -2.33. The van der Waals surface area contributed by atoms with Gasteiger partial charge in [-0.3, -0.25) is 9.69 Å². The molecule has 0 radical (unpaired) electrons. The number of anilines is 1. The molecule has 4 nitrogen and oxygen atoms in total. The number of carbonyl (C=O) groups excluding carboxylic acids is 1. The summed E-state index contributed by atoms with van der Waals surface area (Å²) in [6, 6.07) is 9.69. The summed E-state index contributed by atoms with van der Waals surface area (Å²) in [7, 11) is 1.55. The highest BCUT2D eigenvalue weighted by Crippen LogP contribution is 2.34. The van der Waals surface area contributed by atoms with E-state index in [9.17, 15) is 9.18 Å². The molecule has 3 rings (SSSR count). The second-order valence-corrected chi connectivity index (χ2v) is 6.69. The molecule has 0 bridgehead atoms. The zero-order valence-electron chi connectivity index (χ0n) is 14.4. The minimum atomic E-state index is -0.471. The third-order valence-corrected chi connectivity index (χ3v) is 4.20. The van der Waals surface area contributed by atoms with Crippen LogP contribution in [0.25, 0.3) is 0 Å². The molecule has 0 spiro atoms. The molecule has 2 heterocycles. The maximum absolute atomic E-state index is 13.2. The first kappa shape index (κ1) is 17.1. The first-order valence-electron chi connectivity index (χ1n) is 7.98. The quantitative estimate of drug-likeness (QED) is 0.791. The predicted molar refractivity (Wildman–Crippen MR) is 93.5 cm³/mol. The molecule has 1 amide bonds. The molecule has 1 fully saturated rings. The Morgan fingerprint density at radius 2 is 2.00 bits per heavy atom. The van der Waals surface area contributed by atoms with Crippen molar-refractivity contribution < 1.29 is 13.9 Å². The lowest BCUT2D eigenvalue weighted by Gasteiger charge is -2.21. The van der Waals surface area contributed by atoms with Gasteiger partial charge in [0.05, 0.1) is 0 Å². The van der Waals surface area contributed by atoms with E-state index in [1.165, 1.54) is 12.1 Å². The molecule has 0 unspecified atom stereocenters. The van der Waals surface area contributed by atoms with Crippen molar-refractivity contribution in [3.05, 3.63) is 59.5 Å². The topological polar surface area (TPSA) is 42.4 Å². The zero-order valence-corrected chi connectivity index (χ0v) is 14.4. The minimum absolute atomic E-state index is 0.0846. The Balaban J connectivity index is 1.79. The number of amides is 1. The smallest absolute Gasteiger partial charge is 0.257 e. The van der Waals surface area contributed by atoms with Gasteiger partial charge in [0.2, 0.25) is 0 Å². The first-order chi connectivity index (χ1) is 11.9. The van der Waals surface area contributed by atoms with Crippen LogP contribution in [-0.4, -0.2) is 30.6 Å². The molecule has 1 saturated heterocycles. The maximum Gasteiger partial charge on any atom is 0.257 e. The van der Waals surface area contributed by atoms with Crippen molar-refractivity contribution >= 4 is 11.7 Å². The van der Waals surface area contributed by atoms with Crippen molar-refractivity contribution in [3.8, 4) is 11.8 Å². The number of pyridine rings is 1. The summed E-state index contributed by atoms with van der Waals surface area (Å²) < 4.78 is 18.5. The highest BCUT2D eigenvalue weighted by atomic mass is 19.1. The van der Waals surface area contributed by atoms with Gasteiger partial charge in [0.1, 0.15) is 17.7 Å². The van der Waals surface area contributed by atoms with Gasteiger partial charge in [0.15, 0.2) is 0 Å². The summed E-state index contributed by atoms with van der Waals surface area (Å²) >= 11 is 0. The van der Waals surface area contributed by atoms with Crippen LogP contribution >= 0.6 is 0 Å². The number of aromatic nitrogens is 1. The standard InChI is InChI=1S/C20H19FN2O2/c1-20(2)13-23(19(24)18(20)25-3)17-10-9-15(12-22-17)8-7-14-5-4-6-16(21)11-14/h4-6,9-12,18H,13H2,1-3H3/t18-/m1/s1. The maximum atomic E-state index is 13.2. The second-order valence-electron chi connectivity index (χ2n) is 6.69. The number of hydrogen-bond acceptors (Lipinski definition) is 3. The third-order valence-electron chi connectivity index (χ3n) is 4.20. The fraction of sp³-hybridized carbons (Fsp3) is 0.300. The van der Waals surface area contributed by atoms with Gasteiger partial charge in [-0.1, -0.05) is 31.8 Å². The highest BCUT2D eigenvalue weighted by molar-refractivity contribution is 5.99. The summed E-state index contributed by atoms with van der Waals surface area (Å²) in [5.74, 6) is 6.02. The third kappa shape index (κ3) is 3.54. The molecule has 1 aliphatic heterocycles. The number of carbonyl (C=O) groups is 1. The van der Waals surface area contributed by atoms with E-state index in [0.717, 1.165) is 0 Å². The van der Waals surface area contributed by atoms with Crippen LogP contribution in [0.3, 0.4) is 0 Å². The number of halogens is 1. The van der Waals surface area contributed by atoms with E-state index < -0.39 is 6.10 Å². The number of nitrogens with zero attached hydrogens (tertiary/aromatic N) is 2. The molecule has 1 atom stereocenters. The molecule has 128 valence electrons. The summed E-state index contributed by atoms with van der Waals surface area (Å²) in [6.45, 7) is 4.54. The SMILES string of the molecule is CO[C@@H]1C(=O)N(c2ccc(C#Cc3cccc(F)c3)cn2)CC1(C)C. The highest BCUT2D eigenvalue weighted by Gasteiger charge is 2.47. The summed E-state index contributed by atoms with van der Waals surface area (Å²) in [6.07, 6.45) is 1.14. The molecule has 0 saturated carbocycles. The molecular weight excluding hydrogens is 319 g/mol. The molecular formula is C20H19FN2O2. The number of rotatable bonds is 2. The van der Waals surface area contributed by atoms with E-state index in [1.54, 1.807) is 42.5 Å². The van der Waals surface area contributed by atoms with Crippen molar-refractivity contribution in [1.82, 2.24) is 4.98 Å². The van der Waals surface area contributed by atoms with Gasteiger partial charge in [0.25, 0.3) is 5.91 Å². The second kappa shape index (κ2) is 6.66.